The third-order valence-electron chi connectivity index (χ3n) is 10.3. The predicted molar refractivity (Wildman–Crippen MR) is 208 cm³/mol. The molecular weight excluding hydrogens is 629 g/mol. The van der Waals surface area contributed by atoms with E-state index in [0.29, 0.717) is 0 Å². The molecule has 6 aromatic carbocycles. The summed E-state index contributed by atoms with van der Waals surface area (Å²) >= 11 is 0. The highest BCUT2D eigenvalue weighted by Crippen LogP contribution is 2.44. The van der Waals surface area contributed by atoms with Gasteiger partial charge >= 0.3 is 0 Å². The Bertz CT molecular complexity index is 2950. The fourth-order valence-corrected chi connectivity index (χ4v) is 7.82. The topological polar surface area (TPSA) is 69.9 Å². The van der Waals surface area contributed by atoms with Crippen LogP contribution in [-0.4, -0.2) is 19.5 Å². The van der Waals surface area contributed by atoms with Crippen LogP contribution in [0, 0.1) is 0 Å². The number of benzene rings is 6. The van der Waals surface area contributed by atoms with Crippen LogP contribution in [0.1, 0.15) is 50.7 Å². The van der Waals surface area contributed by atoms with Crippen LogP contribution in [0.2, 0.25) is 0 Å². The minimum absolute atomic E-state index is 0.225. The summed E-state index contributed by atoms with van der Waals surface area (Å²) in [7, 11) is 0. The van der Waals surface area contributed by atoms with Crippen molar-refractivity contribution in [2.75, 3.05) is 0 Å². The smallest absolute Gasteiger partial charge is 0.149 e. The average molecular weight is 663 g/mol. The van der Waals surface area contributed by atoms with E-state index >= 15 is 0 Å². The number of imidazole rings is 1. The molecule has 0 aliphatic heterocycles. The second-order valence-electron chi connectivity index (χ2n) is 14.1. The Morgan fingerprint density at radius 1 is 0.608 bits per heavy atom. The molecular formula is C45H34N4O2. The van der Waals surface area contributed by atoms with Gasteiger partial charge in [-0.25, -0.2) is 15.0 Å². The predicted octanol–water partition coefficient (Wildman–Crippen LogP) is 12.3. The van der Waals surface area contributed by atoms with E-state index in [4.69, 9.17) is 18.8 Å². The number of rotatable bonds is 5. The van der Waals surface area contributed by atoms with Crippen LogP contribution in [-0.2, 0) is 0 Å². The van der Waals surface area contributed by atoms with Gasteiger partial charge in [-0.2, -0.15) is 0 Å². The van der Waals surface area contributed by atoms with Crippen LogP contribution in [0.4, 0.5) is 0 Å². The lowest BCUT2D eigenvalue weighted by molar-refractivity contribution is 0.664. The quantitative estimate of drug-likeness (QED) is 0.183. The lowest BCUT2D eigenvalue weighted by Gasteiger charge is -2.24. The first kappa shape index (κ1) is 29.6. The number of fused-ring (bicyclic) bond motifs is 9. The minimum Gasteiger partial charge on any atom is -0.456 e. The Kier molecular flexibility index (Phi) is 6.46. The second kappa shape index (κ2) is 11.1. The van der Waals surface area contributed by atoms with Crippen molar-refractivity contribution in [3.05, 3.63) is 133 Å². The van der Waals surface area contributed by atoms with Crippen LogP contribution in [0.5, 0.6) is 0 Å². The SMILES string of the molecule is CC(C)c1cc(-c2ccccc2)cc(C(C)C)c1-n1c(-c2cccc3c2oc2cc4c(cc23)oc2ccccc24)nc2ccc3cncnc3c21. The van der Waals surface area contributed by atoms with Crippen molar-refractivity contribution >= 4 is 65.8 Å². The summed E-state index contributed by atoms with van der Waals surface area (Å²) in [6.07, 6.45) is 3.51. The van der Waals surface area contributed by atoms with E-state index in [1.54, 1.807) is 6.33 Å². The normalized spacial score (nSPS) is 12.3. The molecule has 0 saturated carbocycles. The van der Waals surface area contributed by atoms with Gasteiger partial charge in [0, 0.05) is 33.1 Å². The Morgan fingerprint density at radius 3 is 2.10 bits per heavy atom. The number of hydrogen-bond acceptors (Lipinski definition) is 5. The van der Waals surface area contributed by atoms with Crippen LogP contribution < -0.4 is 0 Å². The van der Waals surface area contributed by atoms with Crippen molar-refractivity contribution in [2.45, 2.75) is 39.5 Å². The Hall–Kier alpha value is -6.27. The highest BCUT2D eigenvalue weighted by molar-refractivity contribution is 6.16. The second-order valence-corrected chi connectivity index (χ2v) is 14.1. The summed E-state index contributed by atoms with van der Waals surface area (Å²) in [4.78, 5) is 14.6. The first-order chi connectivity index (χ1) is 24.9. The average Bonchev–Trinajstić information content (AvgIpc) is 3.84. The molecule has 0 atom stereocenters. The highest BCUT2D eigenvalue weighted by atomic mass is 16.3. The molecule has 246 valence electrons. The maximum atomic E-state index is 6.85. The van der Waals surface area contributed by atoms with Gasteiger partial charge in [-0.05, 0) is 82.6 Å². The highest BCUT2D eigenvalue weighted by Gasteiger charge is 2.27. The van der Waals surface area contributed by atoms with Gasteiger partial charge in [-0.15, -0.1) is 0 Å². The Balaban J connectivity index is 1.32. The monoisotopic (exact) mass is 662 g/mol. The molecule has 10 aromatic rings. The molecule has 4 heterocycles. The number of aromatic nitrogens is 4. The van der Waals surface area contributed by atoms with E-state index in [-0.39, 0.29) is 11.8 Å². The molecule has 0 amide bonds. The largest absolute Gasteiger partial charge is 0.456 e. The van der Waals surface area contributed by atoms with E-state index in [0.717, 1.165) is 82.9 Å². The van der Waals surface area contributed by atoms with Gasteiger partial charge in [0.15, 0.2) is 0 Å². The van der Waals surface area contributed by atoms with Crippen molar-refractivity contribution in [2.24, 2.45) is 0 Å². The lowest BCUT2D eigenvalue weighted by Crippen LogP contribution is -2.10. The molecule has 6 heteroatoms. The summed E-state index contributed by atoms with van der Waals surface area (Å²) in [5, 5.41) is 5.11. The summed E-state index contributed by atoms with van der Waals surface area (Å²) in [6, 6.07) is 38.3. The van der Waals surface area contributed by atoms with Crippen molar-refractivity contribution in [1.29, 1.82) is 0 Å². The van der Waals surface area contributed by atoms with E-state index in [2.05, 4.69) is 128 Å². The molecule has 0 aliphatic rings. The van der Waals surface area contributed by atoms with E-state index in [1.165, 1.54) is 22.3 Å². The third-order valence-corrected chi connectivity index (χ3v) is 10.3. The third kappa shape index (κ3) is 4.46. The number of nitrogens with zero attached hydrogens (tertiary/aromatic N) is 4. The molecule has 0 fully saturated rings. The van der Waals surface area contributed by atoms with E-state index in [9.17, 15) is 0 Å². The molecule has 0 saturated heterocycles. The zero-order valence-corrected chi connectivity index (χ0v) is 28.8. The van der Waals surface area contributed by atoms with Gasteiger partial charge in [-0.1, -0.05) is 88.4 Å². The van der Waals surface area contributed by atoms with Gasteiger partial charge in [0.1, 0.15) is 34.5 Å². The van der Waals surface area contributed by atoms with Gasteiger partial charge in [0.25, 0.3) is 0 Å². The zero-order valence-electron chi connectivity index (χ0n) is 28.8. The van der Waals surface area contributed by atoms with Crippen molar-refractivity contribution < 1.29 is 8.83 Å². The van der Waals surface area contributed by atoms with E-state index in [1.807, 2.05) is 24.4 Å². The van der Waals surface area contributed by atoms with Gasteiger partial charge in [0.05, 0.1) is 27.8 Å². The first-order valence-electron chi connectivity index (χ1n) is 17.6. The molecule has 10 rings (SSSR count). The van der Waals surface area contributed by atoms with Crippen LogP contribution in [0.3, 0.4) is 0 Å². The molecule has 0 unspecified atom stereocenters. The number of furan rings is 2. The van der Waals surface area contributed by atoms with Gasteiger partial charge < -0.3 is 8.83 Å². The summed E-state index contributed by atoms with van der Waals surface area (Å²) in [5.41, 5.74) is 13.0. The molecule has 0 aliphatic carbocycles. The van der Waals surface area contributed by atoms with Crippen molar-refractivity contribution in [3.8, 4) is 28.2 Å². The van der Waals surface area contributed by atoms with Crippen LogP contribution >= 0.6 is 0 Å². The molecule has 6 nitrogen and oxygen atoms in total. The summed E-state index contributed by atoms with van der Waals surface area (Å²) in [5.74, 6) is 1.26. The summed E-state index contributed by atoms with van der Waals surface area (Å²) < 4.78 is 15.5. The zero-order chi connectivity index (χ0) is 34.4. The summed E-state index contributed by atoms with van der Waals surface area (Å²) in [6.45, 7) is 9.10. The lowest BCUT2D eigenvalue weighted by atomic mass is 9.88. The first-order valence-corrected chi connectivity index (χ1v) is 17.6. The Morgan fingerprint density at radius 2 is 1.31 bits per heavy atom. The molecule has 0 radical (unpaired) electrons. The Labute approximate surface area is 294 Å². The maximum Gasteiger partial charge on any atom is 0.149 e. The van der Waals surface area contributed by atoms with Crippen molar-refractivity contribution in [3.63, 3.8) is 0 Å². The van der Waals surface area contributed by atoms with Gasteiger partial charge in [-0.3, -0.25) is 4.57 Å². The molecule has 0 bridgehead atoms. The van der Waals surface area contributed by atoms with Crippen molar-refractivity contribution in [1.82, 2.24) is 19.5 Å². The van der Waals surface area contributed by atoms with E-state index < -0.39 is 0 Å². The van der Waals surface area contributed by atoms with Crippen LogP contribution in [0.25, 0.3) is 94.0 Å². The number of hydrogen-bond donors (Lipinski definition) is 0. The molecule has 4 aromatic heterocycles. The number of para-hydroxylation sites is 2. The molecule has 51 heavy (non-hydrogen) atoms. The van der Waals surface area contributed by atoms with Gasteiger partial charge in [0.2, 0.25) is 0 Å². The maximum absolute atomic E-state index is 6.85. The van der Waals surface area contributed by atoms with Crippen LogP contribution in [0.15, 0.2) is 131 Å². The standard InChI is InChI=1S/C45H34N4O2/c1-25(2)33-19-29(27-11-6-5-7-12-27)20-34(26(3)4)42(33)49-43-37(18-17-28-23-46-24-47-41(28)43)48-45(49)32-15-10-14-31-36-22-39-35(21-40(36)51-44(31)32)30-13-8-9-16-38(30)50-39/h5-26H,1-4H3. The molecule has 0 N–H and O–H groups in total. The minimum atomic E-state index is 0.225. The fourth-order valence-electron chi connectivity index (χ4n) is 7.82. The molecule has 0 spiro atoms. The fraction of sp³-hybridized carbons (Fsp3) is 0.133.